The average molecular weight is 221 g/mol. The van der Waals surface area contributed by atoms with Crippen LogP contribution in [0.1, 0.15) is 23.6 Å². The molecule has 0 radical (unpaired) electrons. The molecule has 1 N–H and O–H groups in total. The molecule has 90 valence electrons. The fraction of sp³-hybridized carbons (Fsp3) is 0.571. The minimum absolute atomic E-state index is 0.226. The van der Waals surface area contributed by atoms with Crippen LogP contribution in [0.5, 0.6) is 0 Å². The van der Waals surface area contributed by atoms with Gasteiger partial charge in [-0.3, -0.25) is 0 Å². The van der Waals surface area contributed by atoms with Crippen molar-refractivity contribution in [2.45, 2.75) is 39.3 Å². The van der Waals surface area contributed by atoms with Crippen LogP contribution in [0.15, 0.2) is 18.2 Å². The molecule has 0 spiro atoms. The van der Waals surface area contributed by atoms with Crippen LogP contribution in [-0.2, 0) is 11.2 Å². The first-order valence-corrected chi connectivity index (χ1v) is 5.85. The van der Waals surface area contributed by atoms with Gasteiger partial charge in [-0.15, -0.1) is 0 Å². The van der Waals surface area contributed by atoms with Crippen molar-refractivity contribution in [2.75, 3.05) is 14.2 Å². The number of benzene rings is 1. The maximum atomic E-state index is 5.39. The summed E-state index contributed by atoms with van der Waals surface area (Å²) < 4.78 is 5.39. The second kappa shape index (κ2) is 6.02. The lowest BCUT2D eigenvalue weighted by molar-refractivity contribution is 0.0856. The van der Waals surface area contributed by atoms with Crippen molar-refractivity contribution in [3.63, 3.8) is 0 Å². The van der Waals surface area contributed by atoms with Gasteiger partial charge in [0.25, 0.3) is 0 Å². The van der Waals surface area contributed by atoms with Gasteiger partial charge in [-0.05, 0) is 50.9 Å². The van der Waals surface area contributed by atoms with Crippen LogP contribution in [0.3, 0.4) is 0 Å². The highest BCUT2D eigenvalue weighted by Gasteiger charge is 2.16. The number of rotatable bonds is 5. The van der Waals surface area contributed by atoms with Gasteiger partial charge < -0.3 is 10.1 Å². The van der Waals surface area contributed by atoms with Gasteiger partial charge in [-0.25, -0.2) is 0 Å². The molecule has 1 aromatic rings. The van der Waals surface area contributed by atoms with Gasteiger partial charge in [-0.1, -0.05) is 18.2 Å². The van der Waals surface area contributed by atoms with Crippen molar-refractivity contribution in [2.24, 2.45) is 0 Å². The lowest BCUT2D eigenvalue weighted by Gasteiger charge is -2.24. The molecule has 0 aliphatic carbocycles. The van der Waals surface area contributed by atoms with Crippen LogP contribution < -0.4 is 5.32 Å². The Morgan fingerprint density at radius 1 is 1.25 bits per heavy atom. The Labute approximate surface area is 99.0 Å². The molecule has 0 aromatic heterocycles. The van der Waals surface area contributed by atoms with E-state index in [2.05, 4.69) is 44.3 Å². The van der Waals surface area contributed by atoms with Gasteiger partial charge in [0.05, 0.1) is 6.10 Å². The molecule has 0 saturated heterocycles. The van der Waals surface area contributed by atoms with Gasteiger partial charge in [0.1, 0.15) is 0 Å². The van der Waals surface area contributed by atoms with E-state index in [1.807, 2.05) is 7.05 Å². The first kappa shape index (κ1) is 13.2. The molecular formula is C14H23NO. The molecule has 0 heterocycles. The van der Waals surface area contributed by atoms with E-state index in [0.717, 1.165) is 6.42 Å². The lowest BCUT2D eigenvalue weighted by Crippen LogP contribution is -2.39. The van der Waals surface area contributed by atoms with Crippen LogP contribution in [-0.4, -0.2) is 26.3 Å². The van der Waals surface area contributed by atoms with Gasteiger partial charge in [0.15, 0.2) is 0 Å². The molecular weight excluding hydrogens is 198 g/mol. The second-order valence-corrected chi connectivity index (χ2v) is 4.41. The van der Waals surface area contributed by atoms with E-state index in [1.165, 1.54) is 16.7 Å². The highest BCUT2D eigenvalue weighted by molar-refractivity contribution is 5.34. The maximum Gasteiger partial charge on any atom is 0.0699 e. The number of hydrogen-bond donors (Lipinski definition) is 1. The summed E-state index contributed by atoms with van der Waals surface area (Å²) in [5.41, 5.74) is 4.16. The fourth-order valence-corrected chi connectivity index (χ4v) is 2.06. The largest absolute Gasteiger partial charge is 0.380 e. The molecule has 2 unspecified atom stereocenters. The topological polar surface area (TPSA) is 21.3 Å². The number of hydrogen-bond acceptors (Lipinski definition) is 2. The summed E-state index contributed by atoms with van der Waals surface area (Å²) in [4.78, 5) is 0. The number of likely N-dealkylation sites (N-methyl/N-ethyl adjacent to an activating group) is 1. The Bertz CT molecular complexity index is 315. The van der Waals surface area contributed by atoms with E-state index >= 15 is 0 Å². The van der Waals surface area contributed by atoms with Crippen LogP contribution >= 0.6 is 0 Å². The Balaban J connectivity index is 2.85. The molecule has 0 saturated carbocycles. The Morgan fingerprint density at radius 2 is 1.81 bits per heavy atom. The van der Waals surface area contributed by atoms with Gasteiger partial charge >= 0.3 is 0 Å². The summed E-state index contributed by atoms with van der Waals surface area (Å²) in [5.74, 6) is 0. The monoisotopic (exact) mass is 221 g/mol. The zero-order chi connectivity index (χ0) is 12.1. The molecule has 2 heteroatoms. The number of nitrogens with one attached hydrogen (secondary N) is 1. The Hall–Kier alpha value is -0.860. The molecule has 0 amide bonds. The van der Waals surface area contributed by atoms with Crippen molar-refractivity contribution in [1.82, 2.24) is 5.32 Å². The zero-order valence-corrected chi connectivity index (χ0v) is 11.0. The first-order chi connectivity index (χ1) is 7.60. The van der Waals surface area contributed by atoms with E-state index in [4.69, 9.17) is 4.74 Å². The molecule has 1 aromatic carbocycles. The zero-order valence-electron chi connectivity index (χ0n) is 11.0. The minimum Gasteiger partial charge on any atom is -0.380 e. The summed E-state index contributed by atoms with van der Waals surface area (Å²) in [6.07, 6.45) is 1.24. The lowest BCUT2D eigenvalue weighted by atomic mass is 9.94. The number of aryl methyl sites for hydroxylation is 2. The van der Waals surface area contributed by atoms with E-state index in [9.17, 15) is 0 Å². The van der Waals surface area contributed by atoms with Gasteiger partial charge in [0, 0.05) is 13.2 Å². The van der Waals surface area contributed by atoms with Crippen molar-refractivity contribution in [3.05, 3.63) is 34.9 Å². The molecule has 0 fully saturated rings. The SMILES string of the molecule is CNC(Cc1c(C)cccc1C)C(C)OC. The van der Waals surface area contributed by atoms with E-state index in [1.54, 1.807) is 7.11 Å². The van der Waals surface area contributed by atoms with Gasteiger partial charge in [-0.2, -0.15) is 0 Å². The summed E-state index contributed by atoms with van der Waals surface area (Å²) in [7, 11) is 3.76. The predicted molar refractivity (Wildman–Crippen MR) is 68.9 cm³/mol. The molecule has 1 rings (SSSR count). The van der Waals surface area contributed by atoms with E-state index in [0.29, 0.717) is 6.04 Å². The molecule has 0 aliphatic heterocycles. The third-order valence-electron chi connectivity index (χ3n) is 3.38. The number of ether oxygens (including phenoxy) is 1. The fourth-order valence-electron chi connectivity index (χ4n) is 2.06. The molecule has 0 aliphatic rings. The molecule has 2 nitrogen and oxygen atoms in total. The van der Waals surface area contributed by atoms with E-state index < -0.39 is 0 Å². The van der Waals surface area contributed by atoms with Crippen molar-refractivity contribution in [3.8, 4) is 0 Å². The summed E-state index contributed by atoms with van der Waals surface area (Å²) in [6.45, 7) is 6.45. The highest BCUT2D eigenvalue weighted by Crippen LogP contribution is 2.16. The van der Waals surface area contributed by atoms with Crippen LogP contribution in [0, 0.1) is 13.8 Å². The first-order valence-electron chi connectivity index (χ1n) is 5.85. The Morgan fingerprint density at radius 3 is 2.25 bits per heavy atom. The van der Waals surface area contributed by atoms with Gasteiger partial charge in [0.2, 0.25) is 0 Å². The van der Waals surface area contributed by atoms with Crippen molar-refractivity contribution < 1.29 is 4.74 Å². The third kappa shape index (κ3) is 3.06. The summed E-state index contributed by atoms with van der Waals surface area (Å²) in [5, 5.41) is 3.33. The normalized spacial score (nSPS) is 14.8. The van der Waals surface area contributed by atoms with Crippen LogP contribution in [0.4, 0.5) is 0 Å². The molecule has 2 atom stereocenters. The molecule has 16 heavy (non-hydrogen) atoms. The maximum absolute atomic E-state index is 5.39. The third-order valence-corrected chi connectivity index (χ3v) is 3.38. The number of methoxy groups -OCH3 is 1. The Kier molecular flexibility index (Phi) is 4.97. The molecule has 0 bridgehead atoms. The highest BCUT2D eigenvalue weighted by atomic mass is 16.5. The van der Waals surface area contributed by atoms with Crippen LogP contribution in [0.25, 0.3) is 0 Å². The summed E-state index contributed by atoms with van der Waals surface area (Å²) >= 11 is 0. The average Bonchev–Trinajstić information content (AvgIpc) is 2.28. The quantitative estimate of drug-likeness (QED) is 0.824. The second-order valence-electron chi connectivity index (χ2n) is 4.41. The predicted octanol–water partition coefficient (Wildman–Crippen LogP) is 2.47. The van der Waals surface area contributed by atoms with Crippen molar-refractivity contribution in [1.29, 1.82) is 0 Å². The van der Waals surface area contributed by atoms with Crippen LogP contribution in [0.2, 0.25) is 0 Å². The van der Waals surface area contributed by atoms with E-state index in [-0.39, 0.29) is 6.10 Å². The van der Waals surface area contributed by atoms with Crippen molar-refractivity contribution >= 4 is 0 Å². The minimum atomic E-state index is 0.226. The summed E-state index contributed by atoms with van der Waals surface area (Å²) in [6, 6.07) is 6.83. The standard InChI is InChI=1S/C14H23NO/c1-10-7-6-8-11(2)13(10)9-14(15-4)12(3)16-5/h6-8,12,14-15H,9H2,1-5H3. The smallest absolute Gasteiger partial charge is 0.0699 e.